The monoisotopic (exact) mass is 239 g/mol. The van der Waals surface area contributed by atoms with Gasteiger partial charge < -0.3 is 5.11 Å². The van der Waals surface area contributed by atoms with Crippen LogP contribution >= 0.6 is 0 Å². The normalized spacial score (nSPS) is 10.7. The van der Waals surface area contributed by atoms with Crippen LogP contribution in [0.2, 0.25) is 0 Å². The maximum absolute atomic E-state index is 10.8. The molecule has 0 bridgehead atoms. The first-order valence-corrected chi connectivity index (χ1v) is 5.38. The van der Waals surface area contributed by atoms with E-state index < -0.39 is 5.97 Å². The van der Waals surface area contributed by atoms with Gasteiger partial charge in [-0.1, -0.05) is 12.1 Å². The van der Waals surface area contributed by atoms with Gasteiger partial charge in [-0.05, 0) is 24.3 Å². The lowest BCUT2D eigenvalue weighted by Gasteiger charge is -1.99. The summed E-state index contributed by atoms with van der Waals surface area (Å²) in [6, 6.07) is 11.0. The molecule has 0 aliphatic heterocycles. The minimum atomic E-state index is -1.02. The van der Waals surface area contributed by atoms with Gasteiger partial charge in [0.05, 0.1) is 11.2 Å². The van der Waals surface area contributed by atoms with E-state index in [1.807, 2.05) is 30.3 Å². The van der Waals surface area contributed by atoms with E-state index in [1.165, 1.54) is 6.07 Å². The lowest BCUT2D eigenvalue weighted by atomic mass is 10.1. The molecule has 5 heteroatoms. The van der Waals surface area contributed by atoms with E-state index in [0.717, 1.165) is 16.5 Å². The lowest BCUT2D eigenvalue weighted by Crippen LogP contribution is -1.95. The maximum atomic E-state index is 10.8. The number of rotatable bonds is 2. The number of nitrogens with zero attached hydrogens (tertiary/aromatic N) is 2. The van der Waals surface area contributed by atoms with Crippen molar-refractivity contribution in [2.45, 2.75) is 0 Å². The van der Waals surface area contributed by atoms with Crippen molar-refractivity contribution in [2.24, 2.45) is 0 Å². The van der Waals surface area contributed by atoms with Crippen molar-refractivity contribution in [3.8, 4) is 11.3 Å². The van der Waals surface area contributed by atoms with Crippen molar-refractivity contribution in [3.05, 3.63) is 48.3 Å². The average Bonchev–Trinajstić information content (AvgIpc) is 2.88. The molecule has 2 aromatic heterocycles. The number of carboxylic acids is 1. The van der Waals surface area contributed by atoms with Crippen LogP contribution in [0.5, 0.6) is 0 Å². The molecule has 0 fully saturated rings. The first kappa shape index (κ1) is 10.5. The van der Waals surface area contributed by atoms with Crippen LogP contribution in [0, 0.1) is 0 Å². The molecule has 0 unspecified atom stereocenters. The molecule has 0 saturated carbocycles. The highest BCUT2D eigenvalue weighted by Gasteiger charge is 2.09. The van der Waals surface area contributed by atoms with Gasteiger partial charge in [0, 0.05) is 17.1 Å². The quantitative estimate of drug-likeness (QED) is 0.719. The van der Waals surface area contributed by atoms with Crippen LogP contribution in [-0.4, -0.2) is 26.3 Å². The van der Waals surface area contributed by atoms with Gasteiger partial charge in [0.1, 0.15) is 5.69 Å². The van der Waals surface area contributed by atoms with Gasteiger partial charge >= 0.3 is 5.97 Å². The number of aromatic amines is 1. The Kier molecular flexibility index (Phi) is 2.30. The second-order valence-electron chi connectivity index (χ2n) is 3.88. The van der Waals surface area contributed by atoms with Crippen LogP contribution in [0.4, 0.5) is 0 Å². The lowest BCUT2D eigenvalue weighted by molar-refractivity contribution is 0.0690. The van der Waals surface area contributed by atoms with Crippen molar-refractivity contribution in [3.63, 3.8) is 0 Å². The number of carbonyl (C=O) groups is 1. The minimum absolute atomic E-state index is 0.0799. The van der Waals surface area contributed by atoms with E-state index in [4.69, 9.17) is 5.11 Å². The Morgan fingerprint density at radius 1 is 1.22 bits per heavy atom. The number of nitrogens with one attached hydrogen (secondary N) is 1. The Balaban J connectivity index is 2.10. The summed E-state index contributed by atoms with van der Waals surface area (Å²) < 4.78 is 0. The highest BCUT2D eigenvalue weighted by atomic mass is 16.4. The summed E-state index contributed by atoms with van der Waals surface area (Å²) >= 11 is 0. The van der Waals surface area contributed by atoms with E-state index in [-0.39, 0.29) is 5.69 Å². The largest absolute Gasteiger partial charge is 0.477 e. The molecule has 0 amide bonds. The molecule has 3 aromatic rings. The summed E-state index contributed by atoms with van der Waals surface area (Å²) in [5.41, 5.74) is 2.45. The zero-order valence-corrected chi connectivity index (χ0v) is 9.29. The molecule has 18 heavy (non-hydrogen) atoms. The van der Waals surface area contributed by atoms with Crippen LogP contribution < -0.4 is 0 Å². The number of hydrogen-bond donors (Lipinski definition) is 2. The third-order valence-electron chi connectivity index (χ3n) is 2.71. The van der Waals surface area contributed by atoms with Crippen LogP contribution in [0.3, 0.4) is 0 Å². The molecular weight excluding hydrogens is 230 g/mol. The second-order valence-corrected chi connectivity index (χ2v) is 3.88. The van der Waals surface area contributed by atoms with Crippen molar-refractivity contribution < 1.29 is 9.90 Å². The Morgan fingerprint density at radius 2 is 2.11 bits per heavy atom. The fraction of sp³-hybridized carbons (Fsp3) is 0. The fourth-order valence-corrected chi connectivity index (χ4v) is 1.81. The van der Waals surface area contributed by atoms with Gasteiger partial charge in [-0.2, -0.15) is 5.10 Å². The molecule has 2 heterocycles. The molecule has 1 aromatic carbocycles. The Morgan fingerprint density at radius 3 is 2.89 bits per heavy atom. The summed E-state index contributed by atoms with van der Waals surface area (Å²) in [5.74, 6) is -1.02. The molecule has 3 rings (SSSR count). The van der Waals surface area contributed by atoms with Crippen LogP contribution in [0.15, 0.2) is 42.6 Å². The molecule has 0 aliphatic rings. The van der Waals surface area contributed by atoms with E-state index in [0.29, 0.717) is 5.69 Å². The van der Waals surface area contributed by atoms with Crippen LogP contribution in [0.25, 0.3) is 22.2 Å². The standard InChI is InChI=1S/C13H9N3O2/c17-13(18)12-7-11(15-16-12)9-3-4-10-8(6-9)2-1-5-14-10/h1-7H,(H,15,16)(H,17,18). The Hall–Kier alpha value is -2.69. The van der Waals surface area contributed by atoms with Gasteiger partial charge in [0.25, 0.3) is 0 Å². The van der Waals surface area contributed by atoms with Gasteiger partial charge in [-0.3, -0.25) is 10.1 Å². The third-order valence-corrected chi connectivity index (χ3v) is 2.71. The summed E-state index contributed by atoms with van der Waals surface area (Å²) in [7, 11) is 0. The Bertz CT molecular complexity index is 734. The molecule has 5 nitrogen and oxygen atoms in total. The smallest absolute Gasteiger partial charge is 0.353 e. The predicted octanol–water partition coefficient (Wildman–Crippen LogP) is 2.32. The van der Waals surface area contributed by atoms with Gasteiger partial charge in [-0.15, -0.1) is 0 Å². The van der Waals surface area contributed by atoms with E-state index in [9.17, 15) is 4.79 Å². The van der Waals surface area contributed by atoms with Crippen molar-refractivity contribution >= 4 is 16.9 Å². The highest BCUT2D eigenvalue weighted by molar-refractivity contribution is 5.88. The molecule has 0 aliphatic carbocycles. The van der Waals surface area contributed by atoms with E-state index in [2.05, 4.69) is 15.2 Å². The topological polar surface area (TPSA) is 78.9 Å². The highest BCUT2D eigenvalue weighted by Crippen LogP contribution is 2.22. The fourth-order valence-electron chi connectivity index (χ4n) is 1.81. The predicted molar refractivity (Wildman–Crippen MR) is 66.3 cm³/mol. The molecule has 88 valence electrons. The van der Waals surface area contributed by atoms with Gasteiger partial charge in [0.15, 0.2) is 0 Å². The maximum Gasteiger partial charge on any atom is 0.353 e. The number of fused-ring (bicyclic) bond motifs is 1. The van der Waals surface area contributed by atoms with Crippen LogP contribution in [0.1, 0.15) is 10.5 Å². The number of hydrogen-bond acceptors (Lipinski definition) is 3. The summed E-state index contributed by atoms with van der Waals surface area (Å²) in [5, 5.41) is 16.3. The van der Waals surface area contributed by atoms with E-state index in [1.54, 1.807) is 6.20 Å². The van der Waals surface area contributed by atoms with Crippen molar-refractivity contribution in [1.82, 2.24) is 15.2 Å². The molecule has 0 saturated heterocycles. The molecule has 0 spiro atoms. The number of benzene rings is 1. The van der Waals surface area contributed by atoms with Crippen molar-refractivity contribution in [2.75, 3.05) is 0 Å². The Labute approximate surface area is 102 Å². The second kappa shape index (κ2) is 3.96. The molecular formula is C13H9N3O2. The third kappa shape index (κ3) is 1.71. The number of aromatic nitrogens is 3. The number of carboxylic acid groups (broad SMARTS) is 1. The number of pyridine rings is 1. The summed E-state index contributed by atoms with van der Waals surface area (Å²) in [4.78, 5) is 15.0. The van der Waals surface area contributed by atoms with Crippen molar-refractivity contribution in [1.29, 1.82) is 0 Å². The zero-order chi connectivity index (χ0) is 12.5. The first-order chi connectivity index (χ1) is 8.74. The zero-order valence-electron chi connectivity index (χ0n) is 9.29. The van der Waals surface area contributed by atoms with E-state index >= 15 is 0 Å². The number of aromatic carboxylic acids is 1. The minimum Gasteiger partial charge on any atom is -0.477 e. The SMILES string of the molecule is O=C(O)c1cc(-c2ccc3ncccc3c2)n[nH]1. The molecule has 2 N–H and O–H groups in total. The summed E-state index contributed by atoms with van der Waals surface area (Å²) in [6.45, 7) is 0. The van der Waals surface area contributed by atoms with Gasteiger partial charge in [0.2, 0.25) is 0 Å². The molecule has 0 atom stereocenters. The first-order valence-electron chi connectivity index (χ1n) is 5.38. The number of H-pyrrole nitrogens is 1. The molecule has 0 radical (unpaired) electrons. The van der Waals surface area contributed by atoms with Gasteiger partial charge in [-0.25, -0.2) is 4.79 Å². The van der Waals surface area contributed by atoms with Crippen LogP contribution in [-0.2, 0) is 0 Å². The average molecular weight is 239 g/mol. The summed E-state index contributed by atoms with van der Waals surface area (Å²) in [6.07, 6.45) is 1.74.